The summed E-state index contributed by atoms with van der Waals surface area (Å²) in [7, 11) is 0. The fourth-order valence-corrected chi connectivity index (χ4v) is 1.57. The summed E-state index contributed by atoms with van der Waals surface area (Å²) in [5, 5.41) is 1.15. The molecule has 0 aliphatic heterocycles. The normalized spacial score (nSPS) is 11.3. The van der Waals surface area contributed by atoms with Gasteiger partial charge in [0.15, 0.2) is 5.65 Å². The molecule has 2 rings (SSSR count). The van der Waals surface area contributed by atoms with E-state index in [1.165, 1.54) is 5.56 Å². The molecule has 0 fully saturated rings. The molecule has 0 radical (unpaired) electrons. The van der Waals surface area contributed by atoms with Gasteiger partial charge in [-0.05, 0) is 23.6 Å². The number of aromatic nitrogens is 2. The van der Waals surface area contributed by atoms with Crippen LogP contribution in [0, 0.1) is 0 Å². The van der Waals surface area contributed by atoms with E-state index in [9.17, 15) is 0 Å². The Morgan fingerprint density at radius 3 is 2.92 bits per heavy atom. The fraction of sp³-hybridized carbons (Fsp3) is 0.300. The van der Waals surface area contributed by atoms with E-state index in [1.54, 1.807) is 10.9 Å². The van der Waals surface area contributed by atoms with Crippen molar-refractivity contribution in [2.45, 2.75) is 19.8 Å². The second kappa shape index (κ2) is 2.76. The van der Waals surface area contributed by atoms with Gasteiger partial charge in [-0.25, -0.2) is 4.98 Å². The Kier molecular flexibility index (Phi) is 1.72. The molecule has 2 aromatic rings. The number of rotatable bonds is 1. The number of hydrogen-bond donors (Lipinski definition) is 1. The average Bonchev–Trinajstić information content (AvgIpc) is 2.45. The molecule has 2 aromatic heterocycles. The first-order valence-electron chi connectivity index (χ1n) is 4.41. The maximum Gasteiger partial charge on any atom is 0.158 e. The van der Waals surface area contributed by atoms with Crippen molar-refractivity contribution >= 4 is 11.0 Å². The van der Waals surface area contributed by atoms with Gasteiger partial charge in [-0.2, -0.15) is 0 Å². The van der Waals surface area contributed by atoms with Crippen LogP contribution in [0.2, 0.25) is 0 Å². The van der Waals surface area contributed by atoms with Crippen LogP contribution >= 0.6 is 0 Å². The molecule has 0 bridgehead atoms. The number of hydrogen-bond acceptors (Lipinski definition) is 2. The van der Waals surface area contributed by atoms with E-state index < -0.39 is 0 Å². The minimum atomic E-state index is 0.483. The van der Waals surface area contributed by atoms with Gasteiger partial charge in [-0.15, -0.1) is 0 Å². The second-order valence-electron chi connectivity index (χ2n) is 3.52. The Bertz CT molecular complexity index is 429. The lowest BCUT2D eigenvalue weighted by atomic mass is 10.0. The zero-order valence-electron chi connectivity index (χ0n) is 7.86. The van der Waals surface area contributed by atoms with Crippen LogP contribution in [0.3, 0.4) is 0 Å². The number of nitrogens with two attached hydrogens (primary N) is 1. The van der Waals surface area contributed by atoms with Gasteiger partial charge in [0.1, 0.15) is 0 Å². The SMILES string of the molecule is CC(C)c1cn(N)c2ncccc12. The van der Waals surface area contributed by atoms with Gasteiger partial charge in [0, 0.05) is 17.8 Å². The van der Waals surface area contributed by atoms with Crippen molar-refractivity contribution in [1.29, 1.82) is 0 Å². The van der Waals surface area contributed by atoms with Gasteiger partial charge in [0.05, 0.1) is 0 Å². The quantitative estimate of drug-likeness (QED) is 0.672. The highest BCUT2D eigenvalue weighted by Gasteiger charge is 2.09. The van der Waals surface area contributed by atoms with Crippen molar-refractivity contribution in [3.63, 3.8) is 0 Å². The molecule has 0 aromatic carbocycles. The van der Waals surface area contributed by atoms with E-state index >= 15 is 0 Å². The van der Waals surface area contributed by atoms with Gasteiger partial charge < -0.3 is 5.84 Å². The Hall–Kier alpha value is -1.51. The maximum atomic E-state index is 5.77. The molecule has 0 aliphatic rings. The lowest BCUT2D eigenvalue weighted by molar-refractivity contribution is 0.866. The molecule has 0 amide bonds. The molecule has 68 valence electrons. The first-order valence-corrected chi connectivity index (χ1v) is 4.41. The van der Waals surface area contributed by atoms with E-state index in [4.69, 9.17) is 5.84 Å². The Morgan fingerprint density at radius 1 is 1.46 bits per heavy atom. The molecule has 0 saturated carbocycles. The molecule has 0 aliphatic carbocycles. The van der Waals surface area contributed by atoms with Crippen LogP contribution < -0.4 is 5.84 Å². The van der Waals surface area contributed by atoms with E-state index in [0.717, 1.165) is 11.0 Å². The molecule has 3 nitrogen and oxygen atoms in total. The van der Waals surface area contributed by atoms with Crippen LogP contribution in [-0.2, 0) is 0 Å². The third kappa shape index (κ3) is 1.16. The molecular weight excluding hydrogens is 162 g/mol. The average molecular weight is 175 g/mol. The van der Waals surface area contributed by atoms with Crippen LogP contribution in [0.15, 0.2) is 24.5 Å². The van der Waals surface area contributed by atoms with Crippen molar-refractivity contribution in [2.75, 3.05) is 5.84 Å². The molecule has 0 atom stereocenters. The van der Waals surface area contributed by atoms with Crippen molar-refractivity contribution in [1.82, 2.24) is 9.66 Å². The predicted octanol–water partition coefficient (Wildman–Crippen LogP) is 1.87. The largest absolute Gasteiger partial charge is 0.338 e. The Balaban J connectivity index is 2.78. The second-order valence-corrected chi connectivity index (χ2v) is 3.52. The van der Waals surface area contributed by atoms with Crippen LogP contribution in [0.1, 0.15) is 25.3 Å². The summed E-state index contributed by atoms with van der Waals surface area (Å²) in [6, 6.07) is 4.00. The molecule has 0 unspecified atom stereocenters. The smallest absolute Gasteiger partial charge is 0.158 e. The van der Waals surface area contributed by atoms with Gasteiger partial charge in [0.25, 0.3) is 0 Å². The summed E-state index contributed by atoms with van der Waals surface area (Å²) in [5.41, 5.74) is 2.11. The minimum absolute atomic E-state index is 0.483. The highest BCUT2D eigenvalue weighted by atomic mass is 15.3. The summed E-state index contributed by atoms with van der Waals surface area (Å²) in [6.45, 7) is 4.31. The lowest BCUT2D eigenvalue weighted by Crippen LogP contribution is -2.06. The van der Waals surface area contributed by atoms with E-state index in [-0.39, 0.29) is 0 Å². The summed E-state index contributed by atoms with van der Waals surface area (Å²) >= 11 is 0. The molecule has 3 heteroatoms. The van der Waals surface area contributed by atoms with Crippen LogP contribution in [-0.4, -0.2) is 9.66 Å². The monoisotopic (exact) mass is 175 g/mol. The third-order valence-electron chi connectivity index (χ3n) is 2.24. The summed E-state index contributed by atoms with van der Waals surface area (Å²) in [4.78, 5) is 4.22. The summed E-state index contributed by atoms with van der Waals surface area (Å²) in [5.74, 6) is 6.25. The first kappa shape index (κ1) is 8.10. The topological polar surface area (TPSA) is 43.8 Å². The van der Waals surface area contributed by atoms with E-state index in [1.807, 2.05) is 12.3 Å². The summed E-state index contributed by atoms with van der Waals surface area (Å²) < 4.78 is 1.59. The number of pyridine rings is 1. The lowest BCUT2D eigenvalue weighted by Gasteiger charge is -2.00. The van der Waals surface area contributed by atoms with Gasteiger partial charge in [-0.1, -0.05) is 13.8 Å². The fourth-order valence-electron chi connectivity index (χ4n) is 1.57. The Labute approximate surface area is 77.2 Å². The maximum absolute atomic E-state index is 5.77. The van der Waals surface area contributed by atoms with Crippen LogP contribution in [0.25, 0.3) is 11.0 Å². The van der Waals surface area contributed by atoms with Crippen molar-refractivity contribution < 1.29 is 0 Å². The number of fused-ring (bicyclic) bond motifs is 1. The zero-order chi connectivity index (χ0) is 9.42. The molecule has 2 heterocycles. The van der Waals surface area contributed by atoms with Crippen molar-refractivity contribution in [2.24, 2.45) is 0 Å². The standard InChI is InChI=1S/C10H13N3/c1-7(2)9-6-13(11)10-8(9)4-3-5-12-10/h3-7H,11H2,1-2H3. The van der Waals surface area contributed by atoms with Gasteiger partial charge in [-0.3, -0.25) is 4.68 Å². The van der Waals surface area contributed by atoms with Gasteiger partial charge >= 0.3 is 0 Å². The van der Waals surface area contributed by atoms with Crippen molar-refractivity contribution in [3.8, 4) is 0 Å². The van der Waals surface area contributed by atoms with Crippen molar-refractivity contribution in [3.05, 3.63) is 30.1 Å². The Morgan fingerprint density at radius 2 is 2.23 bits per heavy atom. The number of nitrogen functional groups attached to an aromatic ring is 1. The molecule has 0 spiro atoms. The molecule has 2 N–H and O–H groups in total. The molecular formula is C10H13N3. The van der Waals surface area contributed by atoms with Crippen LogP contribution in [0.4, 0.5) is 0 Å². The predicted molar refractivity (Wildman–Crippen MR) is 54.0 cm³/mol. The van der Waals surface area contributed by atoms with E-state index in [0.29, 0.717) is 5.92 Å². The first-order chi connectivity index (χ1) is 6.20. The number of nitrogens with zero attached hydrogens (tertiary/aromatic N) is 2. The highest BCUT2D eigenvalue weighted by molar-refractivity contribution is 5.80. The highest BCUT2D eigenvalue weighted by Crippen LogP contribution is 2.24. The third-order valence-corrected chi connectivity index (χ3v) is 2.24. The van der Waals surface area contributed by atoms with Gasteiger partial charge in [0.2, 0.25) is 0 Å². The zero-order valence-corrected chi connectivity index (χ0v) is 7.86. The molecule has 0 saturated heterocycles. The van der Waals surface area contributed by atoms with Crippen LogP contribution in [0.5, 0.6) is 0 Å². The minimum Gasteiger partial charge on any atom is -0.338 e. The summed E-state index contributed by atoms with van der Waals surface area (Å²) in [6.07, 6.45) is 3.71. The van der Waals surface area contributed by atoms with E-state index in [2.05, 4.69) is 24.9 Å². The molecule has 13 heavy (non-hydrogen) atoms.